The predicted octanol–water partition coefficient (Wildman–Crippen LogP) is 2.92. The van der Waals surface area contributed by atoms with Crippen LogP contribution in [0.4, 0.5) is 0 Å². The topological polar surface area (TPSA) is 55.4 Å². The fourth-order valence-corrected chi connectivity index (χ4v) is 3.25. The molecule has 0 saturated heterocycles. The molecular formula is C14H22ClNO3S. The molecule has 0 unspecified atom stereocenters. The molecule has 0 heterocycles. The molecule has 4 nitrogen and oxygen atoms in total. The molecule has 20 heavy (non-hydrogen) atoms. The molecule has 0 aliphatic rings. The van der Waals surface area contributed by atoms with Crippen molar-refractivity contribution in [1.82, 2.24) is 4.72 Å². The van der Waals surface area contributed by atoms with E-state index >= 15 is 0 Å². The lowest BCUT2D eigenvalue weighted by Crippen LogP contribution is -2.28. The monoisotopic (exact) mass is 319 g/mol. The van der Waals surface area contributed by atoms with Crippen LogP contribution in [-0.2, 0) is 16.4 Å². The van der Waals surface area contributed by atoms with E-state index < -0.39 is 10.0 Å². The number of ether oxygens (including phenoxy) is 1. The largest absolute Gasteiger partial charge is 0.492 e. The van der Waals surface area contributed by atoms with Crippen LogP contribution >= 0.6 is 11.6 Å². The van der Waals surface area contributed by atoms with Crippen LogP contribution in [0.2, 0.25) is 5.02 Å². The van der Waals surface area contributed by atoms with Gasteiger partial charge in [0.15, 0.2) is 0 Å². The van der Waals surface area contributed by atoms with Crippen LogP contribution in [0.15, 0.2) is 12.1 Å². The lowest BCUT2D eigenvalue weighted by molar-refractivity contribution is 0.340. The van der Waals surface area contributed by atoms with E-state index in [-0.39, 0.29) is 5.75 Å². The molecule has 0 aromatic heterocycles. The van der Waals surface area contributed by atoms with Gasteiger partial charge in [-0.25, -0.2) is 13.1 Å². The third-order valence-electron chi connectivity index (χ3n) is 2.88. The van der Waals surface area contributed by atoms with Crippen LogP contribution in [0, 0.1) is 6.92 Å². The number of halogens is 1. The number of hydrogen-bond donors (Lipinski definition) is 1. The lowest BCUT2D eigenvalue weighted by atomic mass is 10.1. The number of nitrogens with one attached hydrogen (secondary N) is 1. The number of sulfonamides is 1. The van der Waals surface area contributed by atoms with E-state index in [0.717, 1.165) is 11.1 Å². The summed E-state index contributed by atoms with van der Waals surface area (Å²) in [5.41, 5.74) is 2.07. The second-order valence-electron chi connectivity index (χ2n) is 4.61. The Bertz CT molecular complexity index is 544. The van der Waals surface area contributed by atoms with Gasteiger partial charge in [-0.2, -0.15) is 0 Å². The van der Waals surface area contributed by atoms with E-state index in [4.69, 9.17) is 16.3 Å². The SMILES string of the molecule is CCCS(=O)(=O)NCCc1cc(Cl)c(OCC)cc1C. The van der Waals surface area contributed by atoms with Crippen molar-refractivity contribution in [3.05, 3.63) is 28.3 Å². The Hall–Kier alpha value is -0.780. The number of hydrogen-bond acceptors (Lipinski definition) is 3. The van der Waals surface area contributed by atoms with Crippen molar-refractivity contribution >= 4 is 21.6 Å². The van der Waals surface area contributed by atoms with Crippen LogP contribution in [0.5, 0.6) is 5.75 Å². The first-order chi connectivity index (χ1) is 9.39. The third-order valence-corrected chi connectivity index (χ3v) is 4.76. The Balaban J connectivity index is 2.67. The molecule has 0 spiro atoms. The van der Waals surface area contributed by atoms with Crippen LogP contribution in [-0.4, -0.2) is 27.3 Å². The Kier molecular flexibility index (Phi) is 6.79. The summed E-state index contributed by atoms with van der Waals surface area (Å²) in [4.78, 5) is 0. The molecule has 0 aliphatic heterocycles. The molecule has 1 N–H and O–H groups in total. The fraction of sp³-hybridized carbons (Fsp3) is 0.571. The highest BCUT2D eigenvalue weighted by atomic mass is 35.5. The van der Waals surface area contributed by atoms with Gasteiger partial charge >= 0.3 is 0 Å². The maximum atomic E-state index is 11.6. The van der Waals surface area contributed by atoms with E-state index in [2.05, 4.69) is 4.72 Å². The second kappa shape index (κ2) is 7.86. The first-order valence-corrected chi connectivity index (χ1v) is 8.81. The zero-order chi connectivity index (χ0) is 15.2. The van der Waals surface area contributed by atoms with Crippen molar-refractivity contribution in [3.63, 3.8) is 0 Å². The summed E-state index contributed by atoms with van der Waals surface area (Å²) in [6.45, 7) is 6.66. The zero-order valence-electron chi connectivity index (χ0n) is 12.2. The van der Waals surface area contributed by atoms with Gasteiger partial charge < -0.3 is 4.74 Å². The Morgan fingerprint density at radius 3 is 2.60 bits per heavy atom. The minimum Gasteiger partial charge on any atom is -0.492 e. The standard InChI is InChI=1S/C14H22ClNO3S/c1-4-8-20(17,18)16-7-6-12-10-13(15)14(19-5-2)9-11(12)3/h9-10,16H,4-8H2,1-3H3. The van der Waals surface area contributed by atoms with Crippen LogP contribution in [0.1, 0.15) is 31.4 Å². The van der Waals surface area contributed by atoms with Crippen molar-refractivity contribution in [2.24, 2.45) is 0 Å². The lowest BCUT2D eigenvalue weighted by Gasteiger charge is -2.12. The molecule has 0 atom stereocenters. The second-order valence-corrected chi connectivity index (χ2v) is 6.94. The van der Waals surface area contributed by atoms with Gasteiger partial charge in [-0.3, -0.25) is 0 Å². The third kappa shape index (κ3) is 5.31. The summed E-state index contributed by atoms with van der Waals surface area (Å²) < 4.78 is 31.1. The summed E-state index contributed by atoms with van der Waals surface area (Å²) in [6.07, 6.45) is 1.23. The highest BCUT2D eigenvalue weighted by Gasteiger charge is 2.10. The summed E-state index contributed by atoms with van der Waals surface area (Å²) in [6, 6.07) is 3.73. The number of rotatable bonds is 8. The Morgan fingerprint density at radius 2 is 2.00 bits per heavy atom. The van der Waals surface area contributed by atoms with Crippen LogP contribution in [0.3, 0.4) is 0 Å². The van der Waals surface area contributed by atoms with E-state index in [0.29, 0.717) is 36.8 Å². The Morgan fingerprint density at radius 1 is 1.30 bits per heavy atom. The van der Waals surface area contributed by atoms with Crippen molar-refractivity contribution in [1.29, 1.82) is 0 Å². The van der Waals surface area contributed by atoms with Gasteiger partial charge in [0, 0.05) is 6.54 Å². The highest BCUT2D eigenvalue weighted by Crippen LogP contribution is 2.28. The molecule has 1 aromatic rings. The normalized spacial score (nSPS) is 11.6. The summed E-state index contributed by atoms with van der Waals surface area (Å²) >= 11 is 6.14. The van der Waals surface area contributed by atoms with Crippen LogP contribution < -0.4 is 9.46 Å². The maximum Gasteiger partial charge on any atom is 0.211 e. The van der Waals surface area contributed by atoms with Crippen molar-refractivity contribution in [2.75, 3.05) is 18.9 Å². The molecule has 0 fully saturated rings. The molecule has 1 aromatic carbocycles. The van der Waals surface area contributed by atoms with Crippen molar-refractivity contribution in [3.8, 4) is 5.75 Å². The molecular weight excluding hydrogens is 298 g/mol. The van der Waals surface area contributed by atoms with Crippen molar-refractivity contribution in [2.45, 2.75) is 33.6 Å². The van der Waals surface area contributed by atoms with Gasteiger partial charge in [0.1, 0.15) is 5.75 Å². The average molecular weight is 320 g/mol. The minimum atomic E-state index is -3.15. The summed E-state index contributed by atoms with van der Waals surface area (Å²) in [5.74, 6) is 0.831. The first-order valence-electron chi connectivity index (χ1n) is 6.78. The number of aryl methyl sites for hydroxylation is 1. The van der Waals surface area contributed by atoms with E-state index in [9.17, 15) is 8.42 Å². The predicted molar refractivity (Wildman–Crippen MR) is 83.1 cm³/mol. The van der Waals surface area contributed by atoms with Gasteiger partial charge in [0.2, 0.25) is 10.0 Å². The summed E-state index contributed by atoms with van der Waals surface area (Å²) in [5, 5.41) is 0.559. The van der Waals surface area contributed by atoms with E-state index in [1.807, 2.05) is 32.9 Å². The molecule has 0 saturated carbocycles. The van der Waals surface area contributed by atoms with Gasteiger partial charge in [0.25, 0.3) is 0 Å². The molecule has 1 rings (SSSR count). The average Bonchev–Trinajstić information content (AvgIpc) is 2.35. The summed E-state index contributed by atoms with van der Waals surface area (Å²) in [7, 11) is -3.15. The van der Waals surface area contributed by atoms with Crippen LogP contribution in [0.25, 0.3) is 0 Å². The molecule has 0 amide bonds. The maximum absolute atomic E-state index is 11.6. The van der Waals surface area contributed by atoms with Gasteiger partial charge in [0.05, 0.1) is 17.4 Å². The molecule has 0 radical (unpaired) electrons. The van der Waals surface area contributed by atoms with E-state index in [1.165, 1.54) is 0 Å². The smallest absolute Gasteiger partial charge is 0.211 e. The molecule has 6 heteroatoms. The highest BCUT2D eigenvalue weighted by molar-refractivity contribution is 7.89. The quantitative estimate of drug-likeness (QED) is 0.801. The van der Waals surface area contributed by atoms with Gasteiger partial charge in [-0.05, 0) is 49.9 Å². The van der Waals surface area contributed by atoms with E-state index in [1.54, 1.807) is 0 Å². The zero-order valence-corrected chi connectivity index (χ0v) is 13.8. The van der Waals surface area contributed by atoms with Gasteiger partial charge in [-0.1, -0.05) is 18.5 Å². The molecule has 114 valence electrons. The van der Waals surface area contributed by atoms with Gasteiger partial charge in [-0.15, -0.1) is 0 Å². The fourth-order valence-electron chi connectivity index (χ4n) is 1.91. The Labute approximate surface area is 126 Å². The van der Waals surface area contributed by atoms with Crippen molar-refractivity contribution < 1.29 is 13.2 Å². The molecule has 0 aliphatic carbocycles. The minimum absolute atomic E-state index is 0.163. The molecule has 0 bridgehead atoms. The number of benzene rings is 1. The first kappa shape index (κ1) is 17.3.